The molecule has 0 unspecified atom stereocenters. The van der Waals surface area contributed by atoms with Crippen LogP contribution in [0.2, 0.25) is 0 Å². The van der Waals surface area contributed by atoms with Gasteiger partial charge in [0.25, 0.3) is 0 Å². The number of benzene rings is 2. The van der Waals surface area contributed by atoms with E-state index in [1.165, 1.54) is 53.8 Å². The van der Waals surface area contributed by atoms with Gasteiger partial charge in [-0.2, -0.15) is 0 Å². The van der Waals surface area contributed by atoms with Crippen LogP contribution in [0.1, 0.15) is 15.9 Å². The molecule has 0 atom stereocenters. The highest BCUT2D eigenvalue weighted by molar-refractivity contribution is 6.12. The number of rotatable bonds is 8. The van der Waals surface area contributed by atoms with Crippen LogP contribution in [0.3, 0.4) is 0 Å². The lowest BCUT2D eigenvalue weighted by molar-refractivity contribution is 0.104. The maximum absolute atomic E-state index is 12.8. The molecular weight excluding hydrogens is 384 g/mol. The summed E-state index contributed by atoms with van der Waals surface area (Å²) >= 11 is 0. The van der Waals surface area contributed by atoms with E-state index in [1.807, 2.05) is 0 Å². The van der Waals surface area contributed by atoms with Crippen molar-refractivity contribution in [2.45, 2.75) is 0 Å². The number of allylic oxidation sites excluding steroid dienone is 1. The second-order valence-corrected chi connectivity index (χ2v) is 5.65. The Morgan fingerprint density at radius 3 is 1.83 bits per heavy atom. The Morgan fingerprint density at radius 1 is 0.759 bits per heavy atom. The van der Waals surface area contributed by atoms with Gasteiger partial charge < -0.3 is 39.0 Å². The lowest BCUT2D eigenvalue weighted by Gasteiger charge is -2.19. The molecule has 2 rings (SSSR count). The third-order valence-electron chi connectivity index (χ3n) is 4.08. The van der Waals surface area contributed by atoms with Crippen LogP contribution in [0.15, 0.2) is 18.2 Å². The maximum atomic E-state index is 12.8. The van der Waals surface area contributed by atoms with Crippen LogP contribution in [0.25, 0.3) is 6.08 Å². The number of aromatic hydroxyl groups is 3. The minimum atomic E-state index is -0.634. The van der Waals surface area contributed by atoms with Crippen LogP contribution in [0.4, 0.5) is 0 Å². The molecule has 0 radical (unpaired) electrons. The molecule has 0 spiro atoms. The molecule has 0 saturated carbocycles. The van der Waals surface area contributed by atoms with Gasteiger partial charge in [-0.15, -0.1) is 0 Å². The smallest absolute Gasteiger partial charge is 0.211 e. The van der Waals surface area contributed by atoms with Gasteiger partial charge in [0.2, 0.25) is 23.0 Å². The Kier molecular flexibility index (Phi) is 6.66. The molecule has 2 aromatic rings. The zero-order valence-corrected chi connectivity index (χ0v) is 16.6. The van der Waals surface area contributed by atoms with Gasteiger partial charge in [-0.25, -0.2) is 0 Å². The van der Waals surface area contributed by atoms with Crippen LogP contribution in [0.5, 0.6) is 46.0 Å². The monoisotopic (exact) mass is 406 g/mol. The minimum absolute atomic E-state index is 0.0327. The molecule has 2 aromatic carbocycles. The first-order valence-electron chi connectivity index (χ1n) is 8.25. The molecule has 29 heavy (non-hydrogen) atoms. The fourth-order valence-electron chi connectivity index (χ4n) is 2.75. The summed E-state index contributed by atoms with van der Waals surface area (Å²) in [5.41, 5.74) is 0.171. The number of ketones is 1. The largest absolute Gasteiger partial charge is 0.504 e. The first-order chi connectivity index (χ1) is 13.8. The molecule has 0 aliphatic carbocycles. The molecule has 0 saturated heterocycles. The van der Waals surface area contributed by atoms with Crippen LogP contribution >= 0.6 is 0 Å². The first-order valence-corrected chi connectivity index (χ1v) is 8.25. The summed E-state index contributed by atoms with van der Waals surface area (Å²) in [5, 5.41) is 30.0. The van der Waals surface area contributed by atoms with Gasteiger partial charge in [-0.05, 0) is 23.8 Å². The van der Waals surface area contributed by atoms with E-state index < -0.39 is 23.0 Å². The number of ether oxygens (including phenoxy) is 5. The zero-order chi connectivity index (χ0) is 21.7. The summed E-state index contributed by atoms with van der Waals surface area (Å²) in [6, 6.07) is 2.67. The molecule has 9 nitrogen and oxygen atoms in total. The van der Waals surface area contributed by atoms with E-state index in [2.05, 4.69) is 0 Å². The third-order valence-corrected chi connectivity index (χ3v) is 4.08. The summed E-state index contributed by atoms with van der Waals surface area (Å²) in [4.78, 5) is 12.8. The quantitative estimate of drug-likeness (QED) is 0.345. The molecule has 156 valence electrons. The van der Waals surface area contributed by atoms with Crippen LogP contribution in [-0.4, -0.2) is 56.7 Å². The summed E-state index contributed by atoms with van der Waals surface area (Å²) in [5.74, 6) is -1.90. The van der Waals surface area contributed by atoms with Crippen molar-refractivity contribution in [2.75, 3.05) is 35.5 Å². The van der Waals surface area contributed by atoms with E-state index in [-0.39, 0.29) is 34.3 Å². The lowest BCUT2D eigenvalue weighted by atomic mass is 10.0. The molecule has 0 amide bonds. The van der Waals surface area contributed by atoms with Gasteiger partial charge in [0.15, 0.2) is 28.8 Å². The van der Waals surface area contributed by atoms with E-state index in [0.717, 1.165) is 6.08 Å². The standard InChI is InChI=1S/C20H22O9/c1-25-13-9-10(8-12(22)15(13)23)6-7-11(21)14-16(24)18(27-3)20(29-5)19(28-4)17(14)26-2/h6-9,22-24H,1-5H3. The van der Waals surface area contributed by atoms with Gasteiger partial charge in [-0.3, -0.25) is 4.79 Å². The summed E-state index contributed by atoms with van der Waals surface area (Å²) in [6.07, 6.45) is 2.51. The number of methoxy groups -OCH3 is 5. The van der Waals surface area contributed by atoms with Crippen molar-refractivity contribution in [3.8, 4) is 46.0 Å². The Morgan fingerprint density at radius 2 is 1.31 bits per heavy atom. The maximum Gasteiger partial charge on any atom is 0.211 e. The molecule has 0 aliphatic heterocycles. The van der Waals surface area contributed by atoms with E-state index in [1.54, 1.807) is 0 Å². The normalized spacial score (nSPS) is 10.7. The number of phenols is 3. The molecule has 0 bridgehead atoms. The van der Waals surface area contributed by atoms with E-state index in [0.29, 0.717) is 5.56 Å². The van der Waals surface area contributed by atoms with Crippen molar-refractivity contribution in [1.82, 2.24) is 0 Å². The molecule has 0 fully saturated rings. The van der Waals surface area contributed by atoms with E-state index in [9.17, 15) is 20.1 Å². The van der Waals surface area contributed by atoms with Crippen molar-refractivity contribution < 1.29 is 43.8 Å². The molecule has 0 aromatic heterocycles. The number of phenolic OH excluding ortho intramolecular Hbond substituents is 3. The van der Waals surface area contributed by atoms with Gasteiger partial charge in [0.05, 0.1) is 35.5 Å². The van der Waals surface area contributed by atoms with Crippen LogP contribution < -0.4 is 23.7 Å². The first kappa shape index (κ1) is 21.5. The number of carbonyl (C=O) groups is 1. The molecule has 3 N–H and O–H groups in total. The third kappa shape index (κ3) is 3.93. The Bertz CT molecular complexity index is 948. The number of carbonyl (C=O) groups excluding carboxylic acids is 1. The predicted octanol–water partition coefficient (Wildman–Crippen LogP) is 2.74. The molecule has 9 heteroatoms. The van der Waals surface area contributed by atoms with Crippen molar-refractivity contribution in [1.29, 1.82) is 0 Å². The lowest BCUT2D eigenvalue weighted by Crippen LogP contribution is -2.06. The number of hydrogen-bond acceptors (Lipinski definition) is 9. The van der Waals surface area contributed by atoms with Gasteiger partial charge in [-0.1, -0.05) is 6.08 Å². The molecule has 0 aliphatic rings. The highest BCUT2D eigenvalue weighted by Crippen LogP contribution is 2.53. The van der Waals surface area contributed by atoms with Gasteiger partial charge in [0, 0.05) is 0 Å². The van der Waals surface area contributed by atoms with Crippen molar-refractivity contribution >= 4 is 11.9 Å². The zero-order valence-electron chi connectivity index (χ0n) is 16.6. The fraction of sp³-hybridized carbons (Fsp3) is 0.250. The van der Waals surface area contributed by atoms with Crippen LogP contribution in [-0.2, 0) is 0 Å². The molecule has 0 heterocycles. The van der Waals surface area contributed by atoms with Crippen molar-refractivity contribution in [3.05, 3.63) is 29.3 Å². The Labute approximate surface area is 167 Å². The van der Waals surface area contributed by atoms with Gasteiger partial charge in [0.1, 0.15) is 5.56 Å². The van der Waals surface area contributed by atoms with E-state index >= 15 is 0 Å². The molecular formula is C20H22O9. The summed E-state index contributed by atoms with van der Waals surface area (Å²) in [6.45, 7) is 0. The Hall–Kier alpha value is -3.75. The van der Waals surface area contributed by atoms with Crippen molar-refractivity contribution in [2.24, 2.45) is 0 Å². The average molecular weight is 406 g/mol. The topological polar surface area (TPSA) is 124 Å². The van der Waals surface area contributed by atoms with E-state index in [4.69, 9.17) is 23.7 Å². The fourth-order valence-corrected chi connectivity index (χ4v) is 2.75. The summed E-state index contributed by atoms with van der Waals surface area (Å²) in [7, 11) is 6.65. The highest BCUT2D eigenvalue weighted by atomic mass is 16.5. The second-order valence-electron chi connectivity index (χ2n) is 5.65. The minimum Gasteiger partial charge on any atom is -0.504 e. The Balaban J connectivity index is 2.58. The van der Waals surface area contributed by atoms with Gasteiger partial charge >= 0.3 is 0 Å². The van der Waals surface area contributed by atoms with Crippen molar-refractivity contribution in [3.63, 3.8) is 0 Å². The second kappa shape index (κ2) is 8.96. The SMILES string of the molecule is COc1cc(C=CC(=O)c2c(O)c(OC)c(OC)c(OC)c2OC)cc(O)c1O. The predicted molar refractivity (Wildman–Crippen MR) is 104 cm³/mol. The van der Waals surface area contributed by atoms with Crippen LogP contribution in [0, 0.1) is 0 Å². The highest BCUT2D eigenvalue weighted by Gasteiger charge is 2.30. The summed E-state index contributed by atoms with van der Waals surface area (Å²) < 4.78 is 25.9. The number of hydrogen-bond donors (Lipinski definition) is 3. The average Bonchev–Trinajstić information content (AvgIpc) is 2.72.